The molecule has 0 radical (unpaired) electrons. The lowest BCUT2D eigenvalue weighted by Gasteiger charge is -2.31. The Labute approximate surface area is 280 Å². The van der Waals surface area contributed by atoms with Gasteiger partial charge in [0.05, 0.1) is 20.1 Å². The summed E-state index contributed by atoms with van der Waals surface area (Å²) in [6, 6.07) is 5.80. The monoisotopic (exact) mass is 657 g/mol. The van der Waals surface area contributed by atoms with Crippen LogP contribution < -0.4 is 10.1 Å². The minimum Gasteiger partial charge on any atom is -0.481 e. The molecule has 47 heavy (non-hydrogen) atoms. The number of methoxy groups -OCH3 is 2. The smallest absolute Gasteiger partial charge is 0.339 e. The number of carbonyl (C=O) groups is 4. The molecule has 0 aliphatic heterocycles. The van der Waals surface area contributed by atoms with Gasteiger partial charge in [-0.2, -0.15) is 0 Å². The number of ketones is 1. The van der Waals surface area contributed by atoms with Crippen molar-refractivity contribution in [2.75, 3.05) is 27.4 Å². The molecule has 1 aromatic rings. The number of allylic oxidation sites excluding steroid dienone is 1. The van der Waals surface area contributed by atoms with Crippen LogP contribution in [0.2, 0.25) is 0 Å². The van der Waals surface area contributed by atoms with Crippen LogP contribution in [0.4, 0.5) is 0 Å². The van der Waals surface area contributed by atoms with Gasteiger partial charge in [0.2, 0.25) is 5.91 Å². The Balaban J connectivity index is 2.88. The molecular formula is C37H55NO9. The third kappa shape index (κ3) is 16.1. The summed E-state index contributed by atoms with van der Waals surface area (Å²) in [5.41, 5.74) is -1.67. The summed E-state index contributed by atoms with van der Waals surface area (Å²) in [4.78, 5) is 51.1. The number of rotatable bonds is 25. The highest BCUT2D eigenvalue weighted by molar-refractivity contribution is 5.93. The second-order valence-electron chi connectivity index (χ2n) is 11.6. The van der Waals surface area contributed by atoms with Crippen LogP contribution in [0, 0.1) is 17.8 Å². The number of esters is 2. The summed E-state index contributed by atoms with van der Waals surface area (Å²) in [6.07, 6.45) is 13.6. The lowest BCUT2D eigenvalue weighted by atomic mass is 9.83. The van der Waals surface area contributed by atoms with Crippen LogP contribution in [0.15, 0.2) is 36.4 Å². The second kappa shape index (κ2) is 24.5. The zero-order valence-electron chi connectivity index (χ0n) is 28.7. The Morgan fingerprint density at radius 1 is 0.936 bits per heavy atom. The number of ether oxygens (including phenoxy) is 3. The summed E-state index contributed by atoms with van der Waals surface area (Å²) >= 11 is 0. The summed E-state index contributed by atoms with van der Waals surface area (Å²) in [5, 5.41) is 23.6. The van der Waals surface area contributed by atoms with Crippen LogP contribution in [0.25, 0.3) is 0 Å². The fourth-order valence-electron chi connectivity index (χ4n) is 5.16. The molecule has 262 valence electrons. The lowest BCUT2D eigenvalue weighted by molar-refractivity contribution is -0.172. The van der Waals surface area contributed by atoms with E-state index in [9.17, 15) is 29.4 Å². The first-order chi connectivity index (χ1) is 22.7. The number of unbranched alkanes of at least 4 members (excludes halogenated alkanes) is 8. The Bertz CT molecular complexity index is 1170. The first kappa shape index (κ1) is 41.3. The molecule has 0 saturated heterocycles. The molecule has 0 aliphatic rings. The van der Waals surface area contributed by atoms with Crippen LogP contribution in [-0.2, 0) is 35.1 Å². The number of Topliss-reactive ketones (excluding diaryl/α,β-unsaturated/α-hetero) is 1. The van der Waals surface area contributed by atoms with Crippen LogP contribution in [-0.4, -0.2) is 72.9 Å². The molecule has 10 nitrogen and oxygen atoms in total. The van der Waals surface area contributed by atoms with Gasteiger partial charge in [-0.1, -0.05) is 75.7 Å². The van der Waals surface area contributed by atoms with Gasteiger partial charge in [-0.3, -0.25) is 9.59 Å². The Morgan fingerprint density at radius 3 is 2.15 bits per heavy atom. The lowest BCUT2D eigenvalue weighted by Crippen LogP contribution is -2.55. The van der Waals surface area contributed by atoms with Crippen molar-refractivity contribution in [2.24, 2.45) is 5.92 Å². The largest absolute Gasteiger partial charge is 0.481 e. The zero-order valence-corrected chi connectivity index (χ0v) is 28.7. The van der Waals surface area contributed by atoms with Gasteiger partial charge in [0.25, 0.3) is 0 Å². The molecule has 3 N–H and O–H groups in total. The fourth-order valence-corrected chi connectivity index (χ4v) is 5.16. The van der Waals surface area contributed by atoms with Gasteiger partial charge in [0, 0.05) is 32.3 Å². The van der Waals surface area contributed by atoms with Crippen molar-refractivity contribution in [2.45, 2.75) is 115 Å². The molecule has 0 saturated carbocycles. The molecule has 1 rings (SSSR count). The van der Waals surface area contributed by atoms with E-state index in [4.69, 9.17) is 14.2 Å². The molecule has 1 aromatic carbocycles. The van der Waals surface area contributed by atoms with Gasteiger partial charge >= 0.3 is 11.9 Å². The van der Waals surface area contributed by atoms with E-state index in [1.165, 1.54) is 32.4 Å². The first-order valence-electron chi connectivity index (χ1n) is 16.8. The zero-order chi connectivity index (χ0) is 34.9. The van der Waals surface area contributed by atoms with Gasteiger partial charge in [0.15, 0.2) is 5.60 Å². The summed E-state index contributed by atoms with van der Waals surface area (Å²) in [5.74, 6) is 2.41. The van der Waals surface area contributed by atoms with Gasteiger partial charge in [-0.15, -0.1) is 5.92 Å². The van der Waals surface area contributed by atoms with E-state index in [0.29, 0.717) is 36.4 Å². The highest BCUT2D eigenvalue weighted by atomic mass is 16.5. The van der Waals surface area contributed by atoms with E-state index < -0.39 is 48.4 Å². The SMILES string of the molecule is CC#CCOc1ccc(C[C@H](NC(=O)[C@@H](/C=C/CCCCCCC(=O)CCCCCCC)[C@@](O)(CCO)C(=O)OC)C(=O)OC)cc1. The third-order valence-corrected chi connectivity index (χ3v) is 7.95. The predicted molar refractivity (Wildman–Crippen MR) is 180 cm³/mol. The first-order valence-corrected chi connectivity index (χ1v) is 16.8. The van der Waals surface area contributed by atoms with Crippen molar-refractivity contribution in [1.82, 2.24) is 5.32 Å². The molecule has 3 atom stereocenters. The highest BCUT2D eigenvalue weighted by Crippen LogP contribution is 2.26. The molecule has 0 heterocycles. The van der Waals surface area contributed by atoms with Crippen molar-refractivity contribution < 1.29 is 43.6 Å². The van der Waals surface area contributed by atoms with Crippen molar-refractivity contribution >= 4 is 23.6 Å². The van der Waals surface area contributed by atoms with Crippen LogP contribution in [0.3, 0.4) is 0 Å². The van der Waals surface area contributed by atoms with Crippen molar-refractivity contribution in [3.05, 3.63) is 42.0 Å². The van der Waals surface area contributed by atoms with Gasteiger partial charge in [-0.05, 0) is 50.3 Å². The maximum atomic E-state index is 13.6. The number of nitrogens with one attached hydrogen (secondary N) is 1. The van der Waals surface area contributed by atoms with Crippen molar-refractivity contribution in [3.8, 4) is 17.6 Å². The Hall–Kier alpha value is -3.68. The average Bonchev–Trinajstić information content (AvgIpc) is 3.07. The fraction of sp³-hybridized carbons (Fsp3) is 0.622. The third-order valence-electron chi connectivity index (χ3n) is 7.95. The molecule has 0 fully saturated rings. The molecule has 1 amide bonds. The molecule has 0 spiro atoms. The number of benzene rings is 1. The van der Waals surface area contributed by atoms with E-state index in [1.807, 2.05) is 0 Å². The standard InChI is InChI=1S/C37H55NO9/c1-5-7-9-12-15-18-30(40)19-16-13-10-11-14-17-20-32(37(44,25-26-39)36(43)46-4)34(41)38-33(35(42)45-3)28-29-21-23-31(24-22-29)47-27-8-6-2/h17,20-24,32-33,39,44H,5,7,9-16,18-19,25-28H2,1-4H3,(H,38,41)/b20-17+/t32-,33+,37+/m1/s1. The summed E-state index contributed by atoms with van der Waals surface area (Å²) in [7, 11) is 2.28. The minimum absolute atomic E-state index is 0.0713. The highest BCUT2D eigenvalue weighted by Gasteiger charge is 2.48. The summed E-state index contributed by atoms with van der Waals surface area (Å²) < 4.78 is 15.2. The number of aliphatic hydroxyl groups is 2. The number of carbonyl (C=O) groups excluding carboxylic acids is 4. The van der Waals surface area contributed by atoms with Gasteiger partial charge in [-0.25, -0.2) is 9.59 Å². The maximum absolute atomic E-state index is 13.6. The molecule has 0 unspecified atom stereocenters. The average molecular weight is 658 g/mol. The van der Waals surface area contributed by atoms with E-state index in [-0.39, 0.29) is 13.0 Å². The van der Waals surface area contributed by atoms with Gasteiger partial charge < -0.3 is 29.7 Å². The molecule has 10 heteroatoms. The van der Waals surface area contributed by atoms with Gasteiger partial charge in [0.1, 0.15) is 24.2 Å². The Kier molecular flexibility index (Phi) is 21.5. The van der Waals surface area contributed by atoms with E-state index in [2.05, 4.69) is 24.1 Å². The number of hydrogen-bond acceptors (Lipinski definition) is 9. The molecular weight excluding hydrogens is 602 g/mol. The minimum atomic E-state index is -2.37. The predicted octanol–water partition coefficient (Wildman–Crippen LogP) is 5.02. The van der Waals surface area contributed by atoms with E-state index >= 15 is 0 Å². The Morgan fingerprint density at radius 2 is 1.57 bits per heavy atom. The maximum Gasteiger partial charge on any atom is 0.339 e. The topological polar surface area (TPSA) is 148 Å². The van der Waals surface area contributed by atoms with Crippen molar-refractivity contribution in [1.29, 1.82) is 0 Å². The number of aliphatic hydroxyl groups excluding tert-OH is 1. The van der Waals surface area contributed by atoms with Crippen LogP contribution in [0.1, 0.15) is 103 Å². The van der Waals surface area contributed by atoms with Crippen LogP contribution in [0.5, 0.6) is 5.75 Å². The van der Waals surface area contributed by atoms with E-state index in [1.54, 1.807) is 37.3 Å². The van der Waals surface area contributed by atoms with Crippen LogP contribution >= 0.6 is 0 Å². The number of hydrogen-bond donors (Lipinski definition) is 3. The quantitative estimate of drug-likeness (QED) is 0.0571. The van der Waals surface area contributed by atoms with E-state index in [0.717, 1.165) is 45.6 Å². The number of amides is 1. The summed E-state index contributed by atoms with van der Waals surface area (Å²) in [6.45, 7) is 3.54. The van der Waals surface area contributed by atoms with Crippen molar-refractivity contribution in [3.63, 3.8) is 0 Å². The molecule has 0 aromatic heterocycles. The molecule has 0 bridgehead atoms. The normalized spacial score (nSPS) is 13.5. The second-order valence-corrected chi connectivity index (χ2v) is 11.6. The molecule has 0 aliphatic carbocycles.